The van der Waals surface area contributed by atoms with Crippen molar-refractivity contribution in [1.29, 1.82) is 0 Å². The highest BCUT2D eigenvalue weighted by Crippen LogP contribution is 2.15. The summed E-state index contributed by atoms with van der Waals surface area (Å²) in [6, 6.07) is 7.06. The summed E-state index contributed by atoms with van der Waals surface area (Å²) >= 11 is 5.87. The molecular weight excluding hydrogens is 248 g/mol. The van der Waals surface area contributed by atoms with Crippen LogP contribution in [-0.4, -0.2) is 37.5 Å². The van der Waals surface area contributed by atoms with Crippen molar-refractivity contribution in [2.75, 3.05) is 26.7 Å². The Hall–Kier alpha value is -1.06. The minimum Gasteiger partial charge on any atom is -0.352 e. The number of nitrogens with one attached hydrogen (secondary N) is 1. The quantitative estimate of drug-likeness (QED) is 0.911. The molecule has 0 radical (unpaired) electrons. The maximum Gasteiger partial charge on any atom is 0.251 e. The number of benzene rings is 1. The van der Waals surface area contributed by atoms with Gasteiger partial charge in [-0.1, -0.05) is 17.7 Å². The molecule has 4 heteroatoms. The van der Waals surface area contributed by atoms with Gasteiger partial charge in [0.25, 0.3) is 5.91 Å². The van der Waals surface area contributed by atoms with Crippen LogP contribution < -0.4 is 5.32 Å². The molecule has 18 heavy (non-hydrogen) atoms. The molecule has 3 nitrogen and oxygen atoms in total. The highest BCUT2D eigenvalue weighted by atomic mass is 35.5. The first kappa shape index (κ1) is 13.4. The first-order valence-electron chi connectivity index (χ1n) is 6.37. The third-order valence-electron chi connectivity index (χ3n) is 3.48. The zero-order valence-electron chi connectivity index (χ0n) is 10.7. The standard InChI is InChI=1S/C14H19ClN2O/c1-17-7-5-11(6-8-17)10-16-14(18)12-3-2-4-13(15)9-12/h2-4,9,11H,5-8,10H2,1H3,(H,16,18). The summed E-state index contributed by atoms with van der Waals surface area (Å²) in [6.07, 6.45) is 2.32. The molecule has 0 unspecified atom stereocenters. The Labute approximate surface area is 113 Å². The normalized spacial score (nSPS) is 17.7. The van der Waals surface area contributed by atoms with Crippen molar-refractivity contribution in [1.82, 2.24) is 10.2 Å². The number of halogens is 1. The molecule has 98 valence electrons. The van der Waals surface area contributed by atoms with E-state index in [1.54, 1.807) is 24.3 Å². The first-order valence-corrected chi connectivity index (χ1v) is 6.75. The number of nitrogens with zero attached hydrogens (tertiary/aromatic N) is 1. The van der Waals surface area contributed by atoms with E-state index in [9.17, 15) is 4.79 Å². The van der Waals surface area contributed by atoms with E-state index in [-0.39, 0.29) is 5.91 Å². The maximum absolute atomic E-state index is 11.9. The summed E-state index contributed by atoms with van der Waals surface area (Å²) in [5.74, 6) is 0.570. The Bertz CT molecular complexity index is 414. The van der Waals surface area contributed by atoms with Gasteiger partial charge in [-0.25, -0.2) is 0 Å². The monoisotopic (exact) mass is 266 g/mol. The van der Waals surface area contributed by atoms with E-state index in [1.807, 2.05) is 0 Å². The molecular formula is C14H19ClN2O. The van der Waals surface area contributed by atoms with Crippen LogP contribution in [0.1, 0.15) is 23.2 Å². The summed E-state index contributed by atoms with van der Waals surface area (Å²) in [4.78, 5) is 14.3. The van der Waals surface area contributed by atoms with Crippen molar-refractivity contribution in [3.63, 3.8) is 0 Å². The molecule has 0 atom stereocenters. The number of hydrogen-bond acceptors (Lipinski definition) is 2. The van der Waals surface area contributed by atoms with Crippen LogP contribution in [0.3, 0.4) is 0 Å². The Balaban J connectivity index is 1.81. The van der Waals surface area contributed by atoms with Crippen LogP contribution in [0.5, 0.6) is 0 Å². The van der Waals surface area contributed by atoms with Gasteiger partial charge in [0.1, 0.15) is 0 Å². The fraction of sp³-hybridized carbons (Fsp3) is 0.500. The van der Waals surface area contributed by atoms with Crippen LogP contribution in [0.2, 0.25) is 5.02 Å². The molecule has 0 spiro atoms. The summed E-state index contributed by atoms with van der Waals surface area (Å²) in [5, 5.41) is 3.59. The van der Waals surface area contributed by atoms with Crippen LogP contribution in [0, 0.1) is 5.92 Å². The largest absolute Gasteiger partial charge is 0.352 e. The van der Waals surface area contributed by atoms with E-state index in [0.29, 0.717) is 16.5 Å². The van der Waals surface area contributed by atoms with Gasteiger partial charge in [0, 0.05) is 17.1 Å². The molecule has 2 rings (SSSR count). The van der Waals surface area contributed by atoms with E-state index < -0.39 is 0 Å². The maximum atomic E-state index is 11.9. The van der Waals surface area contributed by atoms with Crippen LogP contribution in [-0.2, 0) is 0 Å². The van der Waals surface area contributed by atoms with Crippen LogP contribution in [0.15, 0.2) is 24.3 Å². The van der Waals surface area contributed by atoms with Gasteiger partial charge in [-0.05, 0) is 57.1 Å². The molecule has 1 fully saturated rings. The molecule has 1 amide bonds. The van der Waals surface area contributed by atoms with E-state index >= 15 is 0 Å². The third-order valence-corrected chi connectivity index (χ3v) is 3.71. The molecule has 1 heterocycles. The molecule has 1 N–H and O–H groups in total. The number of carbonyl (C=O) groups is 1. The van der Waals surface area contributed by atoms with E-state index in [4.69, 9.17) is 11.6 Å². The second kappa shape index (κ2) is 6.21. The fourth-order valence-electron chi connectivity index (χ4n) is 2.24. The van der Waals surface area contributed by atoms with Crippen LogP contribution in [0.4, 0.5) is 0 Å². The first-order chi connectivity index (χ1) is 8.65. The van der Waals surface area contributed by atoms with Gasteiger partial charge in [-0.2, -0.15) is 0 Å². The zero-order valence-corrected chi connectivity index (χ0v) is 11.4. The van der Waals surface area contributed by atoms with E-state index in [0.717, 1.165) is 32.5 Å². The molecule has 1 aromatic carbocycles. The Kier molecular flexibility index (Phi) is 4.61. The predicted octanol–water partition coefficient (Wildman–Crippen LogP) is 2.41. The van der Waals surface area contributed by atoms with E-state index in [1.165, 1.54) is 0 Å². The number of rotatable bonds is 3. The molecule has 1 aliphatic rings. The number of amides is 1. The van der Waals surface area contributed by atoms with Gasteiger partial charge < -0.3 is 10.2 Å². The van der Waals surface area contributed by atoms with Gasteiger partial charge in [0.15, 0.2) is 0 Å². The van der Waals surface area contributed by atoms with E-state index in [2.05, 4.69) is 17.3 Å². The van der Waals surface area contributed by atoms with Crippen LogP contribution >= 0.6 is 11.6 Å². The number of piperidine rings is 1. The summed E-state index contributed by atoms with van der Waals surface area (Å²) in [6.45, 7) is 3.01. The second-order valence-corrected chi connectivity index (χ2v) is 5.40. The lowest BCUT2D eigenvalue weighted by Gasteiger charge is -2.28. The van der Waals surface area contributed by atoms with Crippen molar-refractivity contribution >= 4 is 17.5 Å². The molecule has 0 saturated carbocycles. The fourth-order valence-corrected chi connectivity index (χ4v) is 2.43. The third kappa shape index (κ3) is 3.72. The van der Waals surface area contributed by atoms with Gasteiger partial charge in [0.05, 0.1) is 0 Å². The number of likely N-dealkylation sites (tertiary alicyclic amines) is 1. The minimum atomic E-state index is -0.0311. The predicted molar refractivity (Wildman–Crippen MR) is 74.0 cm³/mol. The lowest BCUT2D eigenvalue weighted by molar-refractivity contribution is 0.0939. The number of carbonyl (C=O) groups excluding carboxylic acids is 1. The average molecular weight is 267 g/mol. The van der Waals surface area contributed by atoms with Crippen LogP contribution in [0.25, 0.3) is 0 Å². The lowest BCUT2D eigenvalue weighted by atomic mass is 9.97. The second-order valence-electron chi connectivity index (χ2n) is 4.97. The van der Waals surface area contributed by atoms with Crippen molar-refractivity contribution < 1.29 is 4.79 Å². The molecule has 0 aliphatic carbocycles. The molecule has 1 saturated heterocycles. The smallest absolute Gasteiger partial charge is 0.251 e. The Morgan fingerprint density at radius 3 is 2.83 bits per heavy atom. The lowest BCUT2D eigenvalue weighted by Crippen LogP contribution is -2.36. The summed E-state index contributed by atoms with van der Waals surface area (Å²) < 4.78 is 0. The van der Waals surface area contributed by atoms with Gasteiger partial charge in [-0.15, -0.1) is 0 Å². The van der Waals surface area contributed by atoms with Crippen molar-refractivity contribution in [3.8, 4) is 0 Å². The zero-order chi connectivity index (χ0) is 13.0. The highest BCUT2D eigenvalue weighted by molar-refractivity contribution is 6.30. The molecule has 0 bridgehead atoms. The molecule has 0 aromatic heterocycles. The van der Waals surface area contributed by atoms with Crippen molar-refractivity contribution in [2.45, 2.75) is 12.8 Å². The highest BCUT2D eigenvalue weighted by Gasteiger charge is 2.17. The topological polar surface area (TPSA) is 32.3 Å². The Morgan fingerprint density at radius 1 is 1.44 bits per heavy atom. The van der Waals surface area contributed by atoms with Crippen molar-refractivity contribution in [2.24, 2.45) is 5.92 Å². The molecule has 1 aromatic rings. The van der Waals surface area contributed by atoms with Gasteiger partial charge in [-0.3, -0.25) is 4.79 Å². The van der Waals surface area contributed by atoms with Gasteiger partial charge >= 0.3 is 0 Å². The summed E-state index contributed by atoms with van der Waals surface area (Å²) in [7, 11) is 2.14. The molecule has 1 aliphatic heterocycles. The van der Waals surface area contributed by atoms with Gasteiger partial charge in [0.2, 0.25) is 0 Å². The minimum absolute atomic E-state index is 0.0311. The Morgan fingerprint density at radius 2 is 2.17 bits per heavy atom. The van der Waals surface area contributed by atoms with Crippen molar-refractivity contribution in [3.05, 3.63) is 34.9 Å². The number of hydrogen-bond donors (Lipinski definition) is 1. The summed E-state index contributed by atoms with van der Waals surface area (Å²) in [5.41, 5.74) is 0.635. The average Bonchev–Trinajstić information content (AvgIpc) is 2.38. The SMILES string of the molecule is CN1CCC(CNC(=O)c2cccc(Cl)c2)CC1.